The highest BCUT2D eigenvalue weighted by Crippen LogP contribution is 2.34. The van der Waals surface area contributed by atoms with Crippen molar-refractivity contribution in [3.05, 3.63) is 12.8 Å². The van der Waals surface area contributed by atoms with Crippen molar-refractivity contribution in [3.63, 3.8) is 0 Å². The lowest BCUT2D eigenvalue weighted by Crippen LogP contribution is -2.38. The first-order valence-corrected chi connectivity index (χ1v) is 5.31. The van der Waals surface area contributed by atoms with Crippen LogP contribution in [0.4, 0.5) is 0 Å². The third kappa shape index (κ3) is 1.81. The van der Waals surface area contributed by atoms with E-state index in [4.69, 9.17) is 4.74 Å². The van der Waals surface area contributed by atoms with E-state index in [2.05, 4.69) is 11.9 Å². The first-order valence-electron chi connectivity index (χ1n) is 5.31. The second-order valence-corrected chi connectivity index (χ2v) is 4.12. The van der Waals surface area contributed by atoms with E-state index in [9.17, 15) is 9.59 Å². The minimum Gasteiger partial charge on any atom is -0.434 e. The fraction of sp³-hybridized carbons (Fsp3) is 0.636. The fourth-order valence-electron chi connectivity index (χ4n) is 2.62. The van der Waals surface area contributed by atoms with Crippen LogP contribution in [0.15, 0.2) is 12.8 Å². The predicted octanol–water partition coefficient (Wildman–Crippen LogP) is 0.630. The molecule has 2 aliphatic rings. The molecule has 4 heteroatoms. The average Bonchev–Trinajstić information content (AvgIpc) is 2.63. The van der Waals surface area contributed by atoms with Crippen LogP contribution in [0, 0.1) is 11.8 Å². The summed E-state index contributed by atoms with van der Waals surface area (Å²) < 4.78 is 4.76. The molecule has 1 N–H and O–H groups in total. The van der Waals surface area contributed by atoms with Crippen LogP contribution in [-0.2, 0) is 14.3 Å². The van der Waals surface area contributed by atoms with Gasteiger partial charge in [0.15, 0.2) is 0 Å². The van der Waals surface area contributed by atoms with Crippen molar-refractivity contribution in [2.75, 3.05) is 6.54 Å². The number of fused-ring (bicyclic) bond motifs is 1. The summed E-state index contributed by atoms with van der Waals surface area (Å²) in [6, 6.07) is -0.322. The quantitative estimate of drug-likeness (QED) is 0.535. The molecule has 1 heterocycles. The van der Waals surface area contributed by atoms with Gasteiger partial charge in [-0.1, -0.05) is 6.58 Å². The molecule has 0 spiro atoms. The van der Waals surface area contributed by atoms with E-state index >= 15 is 0 Å². The number of hydrogen-bond donors (Lipinski definition) is 1. The largest absolute Gasteiger partial charge is 0.434 e. The Labute approximate surface area is 88.7 Å². The van der Waals surface area contributed by atoms with Crippen molar-refractivity contribution in [2.45, 2.75) is 25.3 Å². The molecular formula is C11H15NO3. The lowest BCUT2D eigenvalue weighted by Gasteiger charge is -2.25. The Bertz CT molecular complexity index is 300. The summed E-state index contributed by atoms with van der Waals surface area (Å²) in [7, 11) is 0. The van der Waals surface area contributed by atoms with Crippen LogP contribution in [0.5, 0.6) is 0 Å². The Kier molecular flexibility index (Phi) is 2.86. The highest BCUT2D eigenvalue weighted by Gasteiger charge is 2.45. The van der Waals surface area contributed by atoms with E-state index in [0.29, 0.717) is 13.0 Å². The summed E-state index contributed by atoms with van der Waals surface area (Å²) in [5, 5.41) is 3.07. The Hall–Kier alpha value is -1.16. The lowest BCUT2D eigenvalue weighted by molar-refractivity contribution is -0.141. The zero-order valence-corrected chi connectivity index (χ0v) is 8.57. The van der Waals surface area contributed by atoms with Crippen LogP contribution in [0.3, 0.4) is 0 Å². The van der Waals surface area contributed by atoms with E-state index in [1.165, 1.54) is 0 Å². The Morgan fingerprint density at radius 2 is 2.40 bits per heavy atom. The Morgan fingerprint density at radius 3 is 3.13 bits per heavy atom. The maximum Gasteiger partial charge on any atom is 0.328 e. The number of Topliss-reactive ketones (excluding diaryl/α,β-unsaturated/α-hetero) is 1. The van der Waals surface area contributed by atoms with Gasteiger partial charge in [-0.25, -0.2) is 4.79 Å². The summed E-state index contributed by atoms with van der Waals surface area (Å²) in [4.78, 5) is 23.1. The van der Waals surface area contributed by atoms with E-state index in [1.807, 2.05) is 0 Å². The van der Waals surface area contributed by atoms with Crippen LogP contribution in [0.2, 0.25) is 0 Å². The molecule has 1 saturated heterocycles. The van der Waals surface area contributed by atoms with Gasteiger partial charge in [0.05, 0.1) is 6.26 Å². The molecule has 0 aromatic rings. The molecule has 4 nitrogen and oxygen atoms in total. The van der Waals surface area contributed by atoms with Crippen molar-refractivity contribution < 1.29 is 14.3 Å². The summed E-state index contributed by atoms with van der Waals surface area (Å²) in [5.41, 5.74) is 0. The van der Waals surface area contributed by atoms with Crippen LogP contribution >= 0.6 is 0 Å². The third-order valence-corrected chi connectivity index (χ3v) is 3.33. The molecule has 2 rings (SSSR count). The summed E-state index contributed by atoms with van der Waals surface area (Å²) >= 11 is 0. The van der Waals surface area contributed by atoms with Crippen LogP contribution in [0.1, 0.15) is 19.3 Å². The lowest BCUT2D eigenvalue weighted by atomic mass is 9.77. The van der Waals surface area contributed by atoms with Crippen LogP contribution in [0.25, 0.3) is 0 Å². The molecule has 3 atom stereocenters. The number of esters is 1. The molecule has 0 amide bonds. The molecule has 1 aliphatic carbocycles. The number of ether oxygens (including phenoxy) is 1. The minimum atomic E-state index is -0.322. The monoisotopic (exact) mass is 209 g/mol. The summed E-state index contributed by atoms with van der Waals surface area (Å²) in [5.74, 6) is 0.111. The molecule has 0 bridgehead atoms. The number of nitrogens with one attached hydrogen (secondary N) is 1. The highest BCUT2D eigenvalue weighted by atomic mass is 16.5. The van der Waals surface area contributed by atoms with Crippen molar-refractivity contribution in [2.24, 2.45) is 11.8 Å². The summed E-state index contributed by atoms with van der Waals surface area (Å²) in [6.45, 7) is 3.96. The maximum atomic E-state index is 11.6. The molecule has 1 aliphatic heterocycles. The molecule has 15 heavy (non-hydrogen) atoms. The molecule has 1 saturated carbocycles. The Balaban J connectivity index is 2.07. The summed E-state index contributed by atoms with van der Waals surface area (Å²) in [6.07, 6.45) is 3.62. The van der Waals surface area contributed by atoms with Gasteiger partial charge < -0.3 is 10.1 Å². The Morgan fingerprint density at radius 1 is 1.60 bits per heavy atom. The normalized spacial score (nSPS) is 34.7. The van der Waals surface area contributed by atoms with Gasteiger partial charge in [-0.2, -0.15) is 0 Å². The number of carbonyl (C=O) groups is 2. The van der Waals surface area contributed by atoms with E-state index in [1.54, 1.807) is 0 Å². The third-order valence-electron chi connectivity index (χ3n) is 3.33. The van der Waals surface area contributed by atoms with Gasteiger partial charge in [-0.3, -0.25) is 4.79 Å². The minimum absolute atomic E-state index is 0.0149. The van der Waals surface area contributed by atoms with E-state index in [-0.39, 0.29) is 29.6 Å². The first-order chi connectivity index (χ1) is 7.24. The van der Waals surface area contributed by atoms with Crippen LogP contribution < -0.4 is 5.32 Å². The molecule has 0 aromatic heterocycles. The van der Waals surface area contributed by atoms with Gasteiger partial charge in [-0.05, 0) is 18.8 Å². The molecule has 82 valence electrons. The topological polar surface area (TPSA) is 55.4 Å². The van der Waals surface area contributed by atoms with E-state index < -0.39 is 0 Å². The van der Waals surface area contributed by atoms with Crippen molar-refractivity contribution in [3.8, 4) is 0 Å². The zero-order valence-electron chi connectivity index (χ0n) is 8.57. The SMILES string of the molecule is C=COC(=O)C1NCC2C(=O)CCCC21. The number of ketones is 1. The van der Waals surface area contributed by atoms with Crippen molar-refractivity contribution in [1.82, 2.24) is 5.32 Å². The smallest absolute Gasteiger partial charge is 0.328 e. The second-order valence-electron chi connectivity index (χ2n) is 4.12. The van der Waals surface area contributed by atoms with Gasteiger partial charge in [0.1, 0.15) is 11.8 Å². The average molecular weight is 209 g/mol. The van der Waals surface area contributed by atoms with Gasteiger partial charge in [0, 0.05) is 18.9 Å². The standard InChI is InChI=1S/C11H15NO3/c1-2-15-11(14)10-7-4-3-5-9(13)8(7)6-12-10/h2,7-8,10,12H,1,3-6H2. The predicted molar refractivity (Wildman–Crippen MR) is 53.9 cm³/mol. The maximum absolute atomic E-state index is 11.6. The van der Waals surface area contributed by atoms with Gasteiger partial charge in [0.2, 0.25) is 0 Å². The van der Waals surface area contributed by atoms with Gasteiger partial charge in [-0.15, -0.1) is 0 Å². The van der Waals surface area contributed by atoms with Crippen LogP contribution in [-0.4, -0.2) is 24.3 Å². The number of hydrogen-bond acceptors (Lipinski definition) is 4. The first kappa shape index (κ1) is 10.4. The van der Waals surface area contributed by atoms with Crippen molar-refractivity contribution >= 4 is 11.8 Å². The molecule has 3 unspecified atom stereocenters. The van der Waals surface area contributed by atoms with Gasteiger partial charge >= 0.3 is 5.97 Å². The molecule has 0 aromatic carbocycles. The molecular weight excluding hydrogens is 194 g/mol. The molecule has 2 fully saturated rings. The van der Waals surface area contributed by atoms with Crippen molar-refractivity contribution in [1.29, 1.82) is 0 Å². The second kappa shape index (κ2) is 4.14. The molecule has 0 radical (unpaired) electrons. The highest BCUT2D eigenvalue weighted by molar-refractivity contribution is 5.85. The zero-order chi connectivity index (χ0) is 10.8. The van der Waals surface area contributed by atoms with Gasteiger partial charge in [0.25, 0.3) is 0 Å². The fourth-order valence-corrected chi connectivity index (χ4v) is 2.62. The number of rotatable bonds is 2. The van der Waals surface area contributed by atoms with E-state index in [0.717, 1.165) is 19.1 Å². The number of carbonyl (C=O) groups excluding carboxylic acids is 2.